The SMILES string of the molecule is CN(C)Cc1ccc(C2=NC3(CCCCC3)N(CC(=O)Nc3cc(F)cc(F)c3)C2=O)cc1. The Balaban J connectivity index is 1.56. The summed E-state index contributed by atoms with van der Waals surface area (Å²) in [5.74, 6) is -2.38. The number of hydrogen-bond donors (Lipinski definition) is 1. The molecule has 2 aromatic rings. The fraction of sp³-hybridized carbons (Fsp3) is 0.400. The molecule has 0 bridgehead atoms. The number of aliphatic imine (C=N–C) groups is 1. The quantitative estimate of drug-likeness (QED) is 0.719. The van der Waals surface area contributed by atoms with Gasteiger partial charge in [0.05, 0.1) is 0 Å². The molecule has 8 heteroatoms. The molecule has 1 aliphatic heterocycles. The summed E-state index contributed by atoms with van der Waals surface area (Å²) >= 11 is 0. The maximum absolute atomic E-state index is 13.5. The molecule has 0 radical (unpaired) electrons. The average molecular weight is 455 g/mol. The van der Waals surface area contributed by atoms with Crippen molar-refractivity contribution in [1.29, 1.82) is 0 Å². The Morgan fingerprint density at radius 3 is 2.30 bits per heavy atom. The van der Waals surface area contributed by atoms with E-state index in [0.29, 0.717) is 18.6 Å². The van der Waals surface area contributed by atoms with Gasteiger partial charge in [0.15, 0.2) is 0 Å². The highest BCUT2D eigenvalue weighted by Gasteiger charge is 2.48. The van der Waals surface area contributed by atoms with Crippen LogP contribution >= 0.6 is 0 Å². The van der Waals surface area contributed by atoms with Crippen molar-refractivity contribution in [3.63, 3.8) is 0 Å². The lowest BCUT2D eigenvalue weighted by Crippen LogP contribution is -2.51. The van der Waals surface area contributed by atoms with Crippen LogP contribution in [0.2, 0.25) is 0 Å². The van der Waals surface area contributed by atoms with E-state index in [2.05, 4.69) is 10.2 Å². The third-order valence-corrected chi connectivity index (χ3v) is 6.10. The molecule has 2 amide bonds. The minimum Gasteiger partial charge on any atom is -0.324 e. The van der Waals surface area contributed by atoms with Crippen molar-refractivity contribution in [2.45, 2.75) is 44.3 Å². The Morgan fingerprint density at radius 1 is 1.06 bits per heavy atom. The van der Waals surface area contributed by atoms with Crippen LogP contribution in [-0.2, 0) is 16.1 Å². The fourth-order valence-electron chi connectivity index (χ4n) is 4.64. The third kappa shape index (κ3) is 5.11. The molecule has 1 saturated carbocycles. The zero-order valence-corrected chi connectivity index (χ0v) is 18.9. The summed E-state index contributed by atoms with van der Waals surface area (Å²) in [7, 11) is 3.99. The molecule has 1 N–H and O–H groups in total. The molecule has 2 aromatic carbocycles. The van der Waals surface area contributed by atoms with Crippen LogP contribution in [0, 0.1) is 11.6 Å². The van der Waals surface area contributed by atoms with Crippen molar-refractivity contribution in [1.82, 2.24) is 9.80 Å². The maximum atomic E-state index is 13.5. The van der Waals surface area contributed by atoms with Gasteiger partial charge in [-0.05, 0) is 57.5 Å². The summed E-state index contributed by atoms with van der Waals surface area (Å²) in [5, 5.41) is 2.50. The van der Waals surface area contributed by atoms with Gasteiger partial charge in [0.1, 0.15) is 29.6 Å². The molecule has 0 unspecified atom stereocenters. The van der Waals surface area contributed by atoms with Crippen LogP contribution < -0.4 is 5.32 Å². The van der Waals surface area contributed by atoms with Crippen LogP contribution in [0.25, 0.3) is 0 Å². The molecule has 0 saturated heterocycles. The first-order chi connectivity index (χ1) is 15.8. The Bertz CT molecular complexity index is 1060. The summed E-state index contributed by atoms with van der Waals surface area (Å²) in [5.41, 5.74) is 1.47. The van der Waals surface area contributed by atoms with Crippen LogP contribution in [0.5, 0.6) is 0 Å². The lowest BCUT2D eigenvalue weighted by molar-refractivity contribution is -0.134. The predicted octanol–water partition coefficient (Wildman–Crippen LogP) is 3.96. The number of nitrogens with zero attached hydrogens (tertiary/aromatic N) is 3. The van der Waals surface area contributed by atoms with Crippen LogP contribution in [0.4, 0.5) is 14.5 Å². The monoisotopic (exact) mass is 454 g/mol. The van der Waals surface area contributed by atoms with E-state index in [4.69, 9.17) is 4.99 Å². The lowest BCUT2D eigenvalue weighted by Gasteiger charge is -2.38. The van der Waals surface area contributed by atoms with Gasteiger partial charge in [0.2, 0.25) is 5.91 Å². The molecule has 4 rings (SSSR count). The first kappa shape index (κ1) is 23.0. The number of amides is 2. The van der Waals surface area contributed by atoms with Crippen LogP contribution in [0.1, 0.15) is 43.2 Å². The lowest BCUT2D eigenvalue weighted by atomic mass is 9.88. The fourth-order valence-corrected chi connectivity index (χ4v) is 4.64. The van der Waals surface area contributed by atoms with Crippen molar-refractivity contribution in [2.75, 3.05) is 26.0 Å². The molecule has 0 atom stereocenters. The summed E-state index contributed by atoms with van der Waals surface area (Å²) < 4.78 is 27.0. The molecule has 174 valence electrons. The number of carbonyl (C=O) groups is 2. The average Bonchev–Trinajstić information content (AvgIpc) is 2.99. The first-order valence-electron chi connectivity index (χ1n) is 11.2. The second-order valence-electron chi connectivity index (χ2n) is 9.04. The van der Waals surface area contributed by atoms with E-state index in [1.165, 1.54) is 4.90 Å². The topological polar surface area (TPSA) is 65.0 Å². The van der Waals surface area contributed by atoms with Crippen LogP contribution in [0.15, 0.2) is 47.5 Å². The van der Waals surface area contributed by atoms with Crippen molar-refractivity contribution < 1.29 is 18.4 Å². The number of carbonyl (C=O) groups excluding carboxylic acids is 2. The van der Waals surface area contributed by atoms with E-state index in [1.807, 2.05) is 38.4 Å². The van der Waals surface area contributed by atoms with Gasteiger partial charge in [-0.25, -0.2) is 8.78 Å². The zero-order valence-electron chi connectivity index (χ0n) is 18.9. The van der Waals surface area contributed by atoms with E-state index in [-0.39, 0.29) is 18.1 Å². The Hall–Kier alpha value is -3.13. The molecule has 6 nitrogen and oxygen atoms in total. The number of benzene rings is 2. The number of nitrogens with one attached hydrogen (secondary N) is 1. The standard InChI is InChI=1S/C25H28F2N4O2/c1-30(2)15-17-6-8-18(9-7-17)23-24(33)31(25(29-23)10-4-3-5-11-25)16-22(32)28-21-13-19(26)12-20(27)14-21/h6-9,12-14H,3-5,10-11,15-16H2,1-2H3,(H,28,32). The van der Waals surface area contributed by atoms with Gasteiger partial charge in [-0.3, -0.25) is 14.6 Å². The normalized spacial score (nSPS) is 17.5. The number of halogens is 2. The molecule has 1 aliphatic carbocycles. The first-order valence-corrected chi connectivity index (χ1v) is 11.2. The van der Waals surface area contributed by atoms with Gasteiger partial charge in [0.25, 0.3) is 5.91 Å². The van der Waals surface area contributed by atoms with E-state index >= 15 is 0 Å². The molecular weight excluding hydrogens is 426 g/mol. The smallest absolute Gasteiger partial charge is 0.275 e. The van der Waals surface area contributed by atoms with Crippen molar-refractivity contribution in [3.05, 3.63) is 65.2 Å². The van der Waals surface area contributed by atoms with Gasteiger partial charge in [-0.1, -0.05) is 30.7 Å². The van der Waals surface area contributed by atoms with Crippen molar-refractivity contribution in [2.24, 2.45) is 4.99 Å². The predicted molar refractivity (Wildman–Crippen MR) is 123 cm³/mol. The summed E-state index contributed by atoms with van der Waals surface area (Å²) in [6, 6.07) is 10.6. The Kier molecular flexibility index (Phi) is 6.56. The van der Waals surface area contributed by atoms with Crippen molar-refractivity contribution in [3.8, 4) is 0 Å². The van der Waals surface area contributed by atoms with Gasteiger partial charge in [0, 0.05) is 23.9 Å². The molecule has 1 heterocycles. The van der Waals surface area contributed by atoms with Crippen molar-refractivity contribution >= 4 is 23.2 Å². The van der Waals surface area contributed by atoms with E-state index in [0.717, 1.165) is 55.1 Å². The van der Waals surface area contributed by atoms with Gasteiger partial charge >= 0.3 is 0 Å². The largest absolute Gasteiger partial charge is 0.324 e. The van der Waals surface area contributed by atoms with Gasteiger partial charge in [-0.15, -0.1) is 0 Å². The summed E-state index contributed by atoms with van der Waals surface area (Å²) in [6.07, 6.45) is 4.26. The van der Waals surface area contributed by atoms with Gasteiger partial charge in [-0.2, -0.15) is 0 Å². The molecule has 0 aromatic heterocycles. The highest BCUT2D eigenvalue weighted by Crippen LogP contribution is 2.39. The number of anilines is 1. The van der Waals surface area contributed by atoms with E-state index in [1.54, 1.807) is 0 Å². The van der Waals surface area contributed by atoms with Gasteiger partial charge < -0.3 is 15.1 Å². The summed E-state index contributed by atoms with van der Waals surface area (Å²) in [6.45, 7) is 0.556. The molecular formula is C25H28F2N4O2. The Morgan fingerprint density at radius 2 is 1.70 bits per heavy atom. The second kappa shape index (κ2) is 9.39. The zero-order chi connectivity index (χ0) is 23.6. The molecule has 1 spiro atoms. The van der Waals surface area contributed by atoms with E-state index in [9.17, 15) is 18.4 Å². The minimum absolute atomic E-state index is 0.0134. The minimum atomic E-state index is -0.783. The number of rotatable bonds is 6. The van der Waals surface area contributed by atoms with E-state index < -0.39 is 23.2 Å². The Labute approximate surface area is 192 Å². The molecule has 33 heavy (non-hydrogen) atoms. The van der Waals surface area contributed by atoms with Crippen LogP contribution in [0.3, 0.4) is 0 Å². The maximum Gasteiger partial charge on any atom is 0.275 e. The highest BCUT2D eigenvalue weighted by atomic mass is 19.1. The van der Waals surface area contributed by atoms with Crippen LogP contribution in [-0.4, -0.2) is 53.6 Å². The molecule has 1 fully saturated rings. The summed E-state index contributed by atoms with van der Waals surface area (Å²) in [4.78, 5) is 34.6. The third-order valence-electron chi connectivity index (χ3n) is 6.10. The molecule has 2 aliphatic rings. The second-order valence-corrected chi connectivity index (χ2v) is 9.04. The number of hydrogen-bond acceptors (Lipinski definition) is 4. The highest BCUT2D eigenvalue weighted by molar-refractivity contribution is 6.47.